The Kier molecular flexibility index (Phi) is 6.73. The molecule has 4 rings (SSSR count). The lowest BCUT2D eigenvalue weighted by atomic mass is 9.78. The first kappa shape index (κ1) is 25.3. The lowest BCUT2D eigenvalue weighted by molar-refractivity contribution is -0.143. The van der Waals surface area contributed by atoms with E-state index in [1.807, 2.05) is 30.3 Å². The van der Waals surface area contributed by atoms with E-state index in [9.17, 15) is 31.6 Å². The lowest BCUT2D eigenvalue weighted by Crippen LogP contribution is -2.57. The van der Waals surface area contributed by atoms with Gasteiger partial charge in [-0.2, -0.15) is 31.6 Å². The van der Waals surface area contributed by atoms with Gasteiger partial charge in [0.2, 0.25) is 0 Å². The Balaban J connectivity index is 1.71. The largest absolute Gasteiger partial charge is 0.416 e. The number of fused-ring (bicyclic) bond motifs is 2. The number of rotatable bonds is 6. The van der Waals surface area contributed by atoms with E-state index in [-0.39, 0.29) is 23.6 Å². The van der Waals surface area contributed by atoms with Gasteiger partial charge in [-0.1, -0.05) is 36.4 Å². The topological polar surface area (TPSA) is 36.3 Å². The number of hydrogen-bond donors (Lipinski definition) is 0. The van der Waals surface area contributed by atoms with E-state index in [1.165, 1.54) is 0 Å². The minimum Gasteiger partial charge on any atom is -0.371 e. The summed E-state index contributed by atoms with van der Waals surface area (Å²) in [5.74, 6) is -0.283. The van der Waals surface area contributed by atoms with E-state index in [1.54, 1.807) is 6.08 Å². The molecule has 0 aliphatic carbocycles. The number of halogens is 6. The molecule has 0 aromatic heterocycles. The van der Waals surface area contributed by atoms with Crippen molar-refractivity contribution < 1.29 is 31.1 Å². The molecule has 9 heteroatoms. The van der Waals surface area contributed by atoms with Gasteiger partial charge >= 0.3 is 12.4 Å². The van der Waals surface area contributed by atoms with Crippen molar-refractivity contribution in [1.82, 2.24) is 4.90 Å². The molecule has 2 aromatic rings. The van der Waals surface area contributed by atoms with E-state index in [0.717, 1.165) is 5.56 Å². The highest BCUT2D eigenvalue weighted by atomic mass is 19.4. The number of ether oxygens (including phenoxy) is 1. The van der Waals surface area contributed by atoms with Crippen LogP contribution in [0.3, 0.4) is 0 Å². The van der Waals surface area contributed by atoms with E-state index in [4.69, 9.17) is 4.74 Å². The molecule has 2 aromatic carbocycles. The van der Waals surface area contributed by atoms with Crippen LogP contribution in [-0.4, -0.2) is 23.6 Å². The van der Waals surface area contributed by atoms with Gasteiger partial charge in [0.15, 0.2) is 0 Å². The van der Waals surface area contributed by atoms with E-state index in [2.05, 4.69) is 17.5 Å². The van der Waals surface area contributed by atoms with Gasteiger partial charge in [0, 0.05) is 12.6 Å². The first-order chi connectivity index (χ1) is 16.5. The Morgan fingerprint density at radius 3 is 2.20 bits per heavy atom. The zero-order valence-corrected chi connectivity index (χ0v) is 18.7. The van der Waals surface area contributed by atoms with Crippen LogP contribution < -0.4 is 0 Å². The third-order valence-electron chi connectivity index (χ3n) is 7.03. The number of piperidine rings is 1. The van der Waals surface area contributed by atoms with Gasteiger partial charge in [-0.15, -0.1) is 6.58 Å². The maximum atomic E-state index is 13.3. The van der Waals surface area contributed by atoms with Gasteiger partial charge in [-0.05, 0) is 48.6 Å². The quantitative estimate of drug-likeness (QED) is 0.331. The summed E-state index contributed by atoms with van der Waals surface area (Å²) in [4.78, 5) is 2.16. The molecule has 2 heterocycles. The molecule has 0 spiro atoms. The molecular weight excluding hydrogens is 470 g/mol. The highest BCUT2D eigenvalue weighted by Gasteiger charge is 2.59. The summed E-state index contributed by atoms with van der Waals surface area (Å²) in [5, 5.41) is 9.81. The summed E-state index contributed by atoms with van der Waals surface area (Å²) in [5.41, 5.74) is -2.79. The van der Waals surface area contributed by atoms with Crippen LogP contribution >= 0.6 is 0 Å². The lowest BCUT2D eigenvalue weighted by Gasteiger charge is -2.49. The zero-order valence-electron chi connectivity index (χ0n) is 18.7. The molecular formula is C26H24F6N2O. The number of nitrogens with zero attached hydrogens (tertiary/aromatic N) is 2. The summed E-state index contributed by atoms with van der Waals surface area (Å²) in [6.07, 6.45) is -7.05. The summed E-state index contributed by atoms with van der Waals surface area (Å²) < 4.78 is 85.9. The Bertz CT molecular complexity index is 1080. The second-order valence-electron chi connectivity index (χ2n) is 9.03. The normalized spacial score (nSPS) is 26.9. The van der Waals surface area contributed by atoms with Crippen molar-refractivity contribution in [3.8, 4) is 6.07 Å². The van der Waals surface area contributed by atoms with Gasteiger partial charge < -0.3 is 4.74 Å². The maximum absolute atomic E-state index is 13.3. The van der Waals surface area contributed by atoms with Crippen LogP contribution in [0, 0.1) is 17.2 Å². The van der Waals surface area contributed by atoms with Gasteiger partial charge in [-0.25, -0.2) is 0 Å². The summed E-state index contributed by atoms with van der Waals surface area (Å²) in [6.45, 7) is 3.88. The minimum atomic E-state index is -4.93. The van der Waals surface area contributed by atoms with Crippen LogP contribution in [0.4, 0.5) is 26.3 Å². The highest BCUT2D eigenvalue weighted by Crippen LogP contribution is 2.54. The number of alkyl halides is 6. The Hall–Kier alpha value is -2.83. The number of nitriles is 1. The molecule has 2 fully saturated rings. The molecule has 0 saturated carbocycles. The second-order valence-corrected chi connectivity index (χ2v) is 9.03. The zero-order chi connectivity index (χ0) is 25.4. The number of benzene rings is 2. The standard InChI is InChI=1S/C26H24F6N2O/c1-2-10-34-22-8-9-23(24(34,14-18(22)15-33)19-6-4-3-5-7-19)35-16-17-11-20(25(27,28)29)13-21(12-17)26(30,31)32/h2-7,11-13,18,22-23H,1,8-10,14,16H2/t18-,22-,23+,24+/m0/s1. The average molecular weight is 494 g/mol. The molecule has 2 saturated heterocycles. The van der Waals surface area contributed by atoms with Crippen LogP contribution in [-0.2, 0) is 29.2 Å². The molecule has 0 unspecified atom stereocenters. The monoisotopic (exact) mass is 494 g/mol. The van der Waals surface area contributed by atoms with E-state index >= 15 is 0 Å². The molecule has 3 nitrogen and oxygen atoms in total. The second kappa shape index (κ2) is 9.32. The predicted octanol–water partition coefficient (Wildman–Crippen LogP) is 6.70. The molecule has 2 aliphatic rings. The molecule has 35 heavy (non-hydrogen) atoms. The first-order valence-corrected chi connectivity index (χ1v) is 11.2. The van der Waals surface area contributed by atoms with Crippen molar-refractivity contribution >= 4 is 0 Å². The molecule has 2 aliphatic heterocycles. The number of hydrogen-bond acceptors (Lipinski definition) is 3. The van der Waals surface area contributed by atoms with Gasteiger partial charge in [0.25, 0.3) is 0 Å². The third-order valence-corrected chi connectivity index (χ3v) is 7.03. The fourth-order valence-electron chi connectivity index (χ4n) is 5.62. The van der Waals surface area contributed by atoms with Crippen LogP contribution in [0.5, 0.6) is 0 Å². The fourth-order valence-corrected chi connectivity index (χ4v) is 5.62. The maximum Gasteiger partial charge on any atom is 0.416 e. The van der Waals surface area contributed by atoms with Crippen LogP contribution in [0.2, 0.25) is 0 Å². The van der Waals surface area contributed by atoms with Crippen molar-refractivity contribution in [2.24, 2.45) is 5.92 Å². The molecule has 4 atom stereocenters. The van der Waals surface area contributed by atoms with Crippen molar-refractivity contribution in [3.63, 3.8) is 0 Å². The van der Waals surface area contributed by atoms with Crippen molar-refractivity contribution in [2.45, 2.75) is 55.9 Å². The van der Waals surface area contributed by atoms with Crippen LogP contribution in [0.1, 0.15) is 41.5 Å². The van der Waals surface area contributed by atoms with Gasteiger partial charge in [-0.3, -0.25) is 4.90 Å². The first-order valence-electron chi connectivity index (χ1n) is 11.2. The predicted molar refractivity (Wildman–Crippen MR) is 117 cm³/mol. The molecule has 0 radical (unpaired) electrons. The van der Waals surface area contributed by atoms with Crippen molar-refractivity contribution in [2.75, 3.05) is 6.54 Å². The highest BCUT2D eigenvalue weighted by molar-refractivity contribution is 5.35. The van der Waals surface area contributed by atoms with Crippen molar-refractivity contribution in [3.05, 3.63) is 83.4 Å². The summed E-state index contributed by atoms with van der Waals surface area (Å²) >= 11 is 0. The molecule has 0 amide bonds. The Labute approximate surface area is 199 Å². The minimum absolute atomic E-state index is 0.0385. The van der Waals surface area contributed by atoms with E-state index in [0.29, 0.717) is 37.9 Å². The molecule has 0 N–H and O–H groups in total. The third kappa shape index (κ3) is 4.69. The van der Waals surface area contributed by atoms with Crippen molar-refractivity contribution in [1.29, 1.82) is 5.26 Å². The van der Waals surface area contributed by atoms with E-state index < -0.39 is 41.7 Å². The van der Waals surface area contributed by atoms with Crippen LogP contribution in [0.15, 0.2) is 61.2 Å². The Morgan fingerprint density at radius 2 is 1.66 bits per heavy atom. The SMILES string of the molecule is C=CCN1[C@H]2CC[C@@H](OCc3cc(C(F)(F)F)cc(C(F)(F)F)c3)[C@]1(c1ccccc1)C[C@H]2C#N. The summed E-state index contributed by atoms with van der Waals surface area (Å²) in [6, 6.07) is 13.3. The molecule has 2 bridgehead atoms. The molecule has 186 valence electrons. The van der Waals surface area contributed by atoms with Gasteiger partial charge in [0.05, 0.1) is 41.4 Å². The van der Waals surface area contributed by atoms with Gasteiger partial charge in [0.1, 0.15) is 0 Å². The fraction of sp³-hybridized carbons (Fsp3) is 0.423. The Morgan fingerprint density at radius 1 is 1.03 bits per heavy atom. The average Bonchev–Trinajstić information content (AvgIpc) is 3.02. The van der Waals surface area contributed by atoms with Crippen LogP contribution in [0.25, 0.3) is 0 Å². The summed E-state index contributed by atoms with van der Waals surface area (Å²) in [7, 11) is 0. The smallest absolute Gasteiger partial charge is 0.371 e.